The van der Waals surface area contributed by atoms with Crippen molar-refractivity contribution < 1.29 is 9.53 Å². The van der Waals surface area contributed by atoms with Crippen LogP contribution in [0.15, 0.2) is 42.5 Å². The van der Waals surface area contributed by atoms with Gasteiger partial charge >= 0.3 is 0 Å². The lowest BCUT2D eigenvalue weighted by molar-refractivity contribution is 0.0998. The van der Waals surface area contributed by atoms with Gasteiger partial charge in [-0.15, -0.1) is 0 Å². The molecule has 0 spiro atoms. The normalized spacial score (nSPS) is 11.2. The summed E-state index contributed by atoms with van der Waals surface area (Å²) in [6, 6.07) is 12.6. The Morgan fingerprint density at radius 3 is 2.19 bits per heavy atom. The summed E-state index contributed by atoms with van der Waals surface area (Å²) in [6.45, 7) is 6.44. The highest BCUT2D eigenvalue weighted by Crippen LogP contribution is 2.29. The van der Waals surface area contributed by atoms with Crippen LogP contribution in [0.2, 0.25) is 0 Å². The van der Waals surface area contributed by atoms with Crippen LogP contribution in [-0.2, 0) is 5.41 Å². The summed E-state index contributed by atoms with van der Waals surface area (Å²) >= 11 is 0. The fourth-order valence-corrected chi connectivity index (χ4v) is 1.98. The number of ether oxygens (including phenoxy) is 1. The third kappa shape index (κ3) is 3.54. The van der Waals surface area contributed by atoms with Crippen molar-refractivity contribution in [1.82, 2.24) is 0 Å². The highest BCUT2D eigenvalue weighted by Gasteiger charge is 2.14. The number of hydrogen-bond donors (Lipinski definition) is 2. The molecular formula is C17H20N2O2. The average Bonchev–Trinajstić information content (AvgIpc) is 2.40. The van der Waals surface area contributed by atoms with Gasteiger partial charge < -0.3 is 16.2 Å². The monoisotopic (exact) mass is 284 g/mol. The van der Waals surface area contributed by atoms with E-state index in [1.807, 2.05) is 24.3 Å². The van der Waals surface area contributed by atoms with Crippen molar-refractivity contribution in [3.63, 3.8) is 0 Å². The number of nitrogens with two attached hydrogens (primary N) is 2. The largest absolute Gasteiger partial charge is 0.457 e. The smallest absolute Gasteiger partial charge is 0.252 e. The first-order chi connectivity index (χ1) is 9.77. The molecule has 0 fully saturated rings. The number of hydrogen-bond acceptors (Lipinski definition) is 3. The molecule has 0 unspecified atom stereocenters. The number of carbonyl (C=O) groups excluding carboxylic acids is 1. The zero-order valence-electron chi connectivity index (χ0n) is 12.5. The van der Waals surface area contributed by atoms with Crippen LogP contribution in [0.3, 0.4) is 0 Å². The van der Waals surface area contributed by atoms with Crippen LogP contribution < -0.4 is 16.2 Å². The average molecular weight is 284 g/mol. The maximum Gasteiger partial charge on any atom is 0.252 e. The van der Waals surface area contributed by atoms with E-state index < -0.39 is 5.91 Å². The van der Waals surface area contributed by atoms with Crippen LogP contribution in [-0.4, -0.2) is 5.91 Å². The van der Waals surface area contributed by atoms with E-state index in [2.05, 4.69) is 20.8 Å². The molecule has 0 aromatic heterocycles. The molecule has 0 radical (unpaired) electrons. The van der Waals surface area contributed by atoms with Gasteiger partial charge in [-0.05, 0) is 41.3 Å². The molecule has 2 aromatic rings. The van der Waals surface area contributed by atoms with Crippen LogP contribution in [0.5, 0.6) is 11.5 Å². The van der Waals surface area contributed by atoms with Gasteiger partial charge in [-0.25, -0.2) is 0 Å². The Hall–Kier alpha value is -2.49. The Morgan fingerprint density at radius 1 is 1.05 bits per heavy atom. The maximum atomic E-state index is 11.4. The van der Waals surface area contributed by atoms with Crippen molar-refractivity contribution in [2.75, 3.05) is 5.73 Å². The molecule has 110 valence electrons. The number of rotatable bonds is 3. The molecule has 2 aromatic carbocycles. The second-order valence-electron chi connectivity index (χ2n) is 6.00. The molecule has 4 N–H and O–H groups in total. The number of benzene rings is 2. The molecule has 0 saturated heterocycles. The van der Waals surface area contributed by atoms with Gasteiger partial charge in [-0.2, -0.15) is 0 Å². The standard InChI is InChI=1S/C17H20N2O2/c1-17(2,3)11-4-7-13(8-5-11)21-15-9-6-12(18)10-14(15)16(19)20/h4-10H,18H2,1-3H3,(H2,19,20). The van der Waals surface area contributed by atoms with Crippen LogP contribution in [0.4, 0.5) is 5.69 Å². The Morgan fingerprint density at radius 2 is 1.67 bits per heavy atom. The predicted octanol–water partition coefficient (Wildman–Crippen LogP) is 3.46. The topological polar surface area (TPSA) is 78.3 Å². The number of anilines is 1. The molecule has 2 rings (SSSR count). The van der Waals surface area contributed by atoms with E-state index in [1.54, 1.807) is 12.1 Å². The van der Waals surface area contributed by atoms with E-state index in [1.165, 1.54) is 11.6 Å². The Labute approximate surface area is 124 Å². The van der Waals surface area contributed by atoms with Crippen LogP contribution in [0.25, 0.3) is 0 Å². The SMILES string of the molecule is CC(C)(C)c1ccc(Oc2ccc(N)cc2C(N)=O)cc1. The third-order valence-electron chi connectivity index (χ3n) is 3.22. The van der Waals surface area contributed by atoms with Crippen LogP contribution in [0, 0.1) is 0 Å². The molecular weight excluding hydrogens is 264 g/mol. The van der Waals surface area contributed by atoms with Crippen LogP contribution >= 0.6 is 0 Å². The van der Waals surface area contributed by atoms with E-state index in [4.69, 9.17) is 16.2 Å². The zero-order chi connectivity index (χ0) is 15.6. The molecule has 0 saturated carbocycles. The predicted molar refractivity (Wildman–Crippen MR) is 84.6 cm³/mol. The molecule has 1 amide bonds. The van der Waals surface area contributed by atoms with Gasteiger partial charge in [0.2, 0.25) is 0 Å². The van der Waals surface area contributed by atoms with Gasteiger partial charge in [0, 0.05) is 5.69 Å². The van der Waals surface area contributed by atoms with Gasteiger partial charge in [0.25, 0.3) is 5.91 Å². The van der Waals surface area contributed by atoms with Crippen molar-refractivity contribution in [3.8, 4) is 11.5 Å². The minimum Gasteiger partial charge on any atom is -0.457 e. The van der Waals surface area contributed by atoms with Gasteiger partial charge in [0.05, 0.1) is 5.56 Å². The molecule has 4 heteroatoms. The summed E-state index contributed by atoms with van der Waals surface area (Å²) < 4.78 is 5.74. The van der Waals surface area contributed by atoms with E-state index in [-0.39, 0.29) is 11.0 Å². The minimum absolute atomic E-state index is 0.0815. The summed E-state index contributed by atoms with van der Waals surface area (Å²) in [5.41, 5.74) is 13.0. The molecule has 4 nitrogen and oxygen atoms in total. The van der Waals surface area contributed by atoms with E-state index in [0.29, 0.717) is 17.2 Å². The van der Waals surface area contributed by atoms with Crippen molar-refractivity contribution in [2.45, 2.75) is 26.2 Å². The van der Waals surface area contributed by atoms with Gasteiger partial charge in [0.15, 0.2) is 0 Å². The van der Waals surface area contributed by atoms with Crippen molar-refractivity contribution >= 4 is 11.6 Å². The number of amides is 1. The first kappa shape index (κ1) is 14.9. The summed E-state index contributed by atoms with van der Waals surface area (Å²) in [5.74, 6) is 0.485. The maximum absolute atomic E-state index is 11.4. The zero-order valence-corrected chi connectivity index (χ0v) is 12.5. The molecule has 0 heterocycles. The molecule has 21 heavy (non-hydrogen) atoms. The molecule has 0 atom stereocenters. The summed E-state index contributed by atoms with van der Waals surface area (Å²) in [5, 5.41) is 0. The second-order valence-corrected chi connectivity index (χ2v) is 6.00. The molecule has 0 aliphatic heterocycles. The fourth-order valence-electron chi connectivity index (χ4n) is 1.98. The number of primary amides is 1. The lowest BCUT2D eigenvalue weighted by atomic mass is 9.87. The Balaban J connectivity index is 2.28. The van der Waals surface area contributed by atoms with Crippen molar-refractivity contribution in [2.24, 2.45) is 5.73 Å². The van der Waals surface area contributed by atoms with E-state index in [9.17, 15) is 4.79 Å². The molecule has 0 aliphatic carbocycles. The van der Waals surface area contributed by atoms with E-state index in [0.717, 1.165) is 0 Å². The van der Waals surface area contributed by atoms with Gasteiger partial charge in [-0.1, -0.05) is 32.9 Å². The number of nitrogen functional groups attached to an aromatic ring is 1. The second kappa shape index (κ2) is 5.48. The van der Waals surface area contributed by atoms with E-state index >= 15 is 0 Å². The lowest BCUT2D eigenvalue weighted by Gasteiger charge is -2.19. The Bertz CT molecular complexity index is 655. The van der Waals surface area contributed by atoms with Gasteiger partial charge in [-0.3, -0.25) is 4.79 Å². The highest BCUT2D eigenvalue weighted by atomic mass is 16.5. The van der Waals surface area contributed by atoms with Gasteiger partial charge in [0.1, 0.15) is 11.5 Å². The van der Waals surface area contributed by atoms with Crippen molar-refractivity contribution in [1.29, 1.82) is 0 Å². The highest BCUT2D eigenvalue weighted by molar-refractivity contribution is 5.96. The quantitative estimate of drug-likeness (QED) is 0.847. The first-order valence-electron chi connectivity index (χ1n) is 6.75. The Kier molecular flexibility index (Phi) is 3.89. The van der Waals surface area contributed by atoms with Crippen LogP contribution in [0.1, 0.15) is 36.7 Å². The third-order valence-corrected chi connectivity index (χ3v) is 3.22. The fraction of sp³-hybridized carbons (Fsp3) is 0.235. The van der Waals surface area contributed by atoms with Crippen molar-refractivity contribution in [3.05, 3.63) is 53.6 Å². The summed E-state index contributed by atoms with van der Waals surface area (Å²) in [6.07, 6.45) is 0. The first-order valence-corrected chi connectivity index (χ1v) is 6.75. The lowest BCUT2D eigenvalue weighted by Crippen LogP contribution is -2.13. The summed E-state index contributed by atoms with van der Waals surface area (Å²) in [4.78, 5) is 11.4. The summed E-state index contributed by atoms with van der Waals surface area (Å²) in [7, 11) is 0. The molecule has 0 aliphatic rings. The number of carbonyl (C=O) groups is 1. The minimum atomic E-state index is -0.566. The molecule has 0 bridgehead atoms.